The average Bonchev–Trinajstić information content (AvgIpc) is 2.68. The molecule has 1 aliphatic heterocycles. The molecule has 1 aromatic heterocycles. The first-order valence-electron chi connectivity index (χ1n) is 4.92. The van der Waals surface area contributed by atoms with Crippen LogP contribution in [0.5, 0.6) is 0 Å². The van der Waals surface area contributed by atoms with Crippen LogP contribution in [0, 0.1) is 0 Å². The molecule has 0 radical (unpaired) electrons. The molecule has 0 aliphatic carbocycles. The molecule has 0 bridgehead atoms. The number of hydrogen-bond donors (Lipinski definition) is 1. The summed E-state index contributed by atoms with van der Waals surface area (Å²) in [5.41, 5.74) is 0. The van der Waals surface area contributed by atoms with Gasteiger partial charge >= 0.3 is 0 Å². The second-order valence-electron chi connectivity index (χ2n) is 3.50. The molecule has 0 unspecified atom stereocenters. The largest absolute Gasteiger partial charge is 0.375 e. The van der Waals surface area contributed by atoms with Gasteiger partial charge in [0, 0.05) is 13.0 Å². The lowest BCUT2D eigenvalue weighted by atomic mass is 9.98. The van der Waals surface area contributed by atoms with Gasteiger partial charge in [0.1, 0.15) is 6.61 Å². The van der Waals surface area contributed by atoms with E-state index in [9.17, 15) is 0 Å². The molecular weight excluding hydrogens is 182 g/mol. The minimum Gasteiger partial charge on any atom is -0.375 e. The Morgan fingerprint density at radius 1 is 1.50 bits per heavy atom. The van der Waals surface area contributed by atoms with Crippen molar-refractivity contribution in [3.8, 4) is 0 Å². The maximum Gasteiger partial charge on any atom is 0.252 e. The molecule has 0 amide bonds. The number of methoxy groups -OCH3 is 1. The van der Waals surface area contributed by atoms with Gasteiger partial charge in [-0.1, -0.05) is 5.16 Å². The van der Waals surface area contributed by atoms with Crippen molar-refractivity contribution in [2.75, 3.05) is 20.2 Å². The van der Waals surface area contributed by atoms with E-state index in [1.807, 2.05) is 0 Å². The normalized spacial score (nSPS) is 18.6. The van der Waals surface area contributed by atoms with Gasteiger partial charge in [-0.3, -0.25) is 0 Å². The third kappa shape index (κ3) is 2.10. The van der Waals surface area contributed by atoms with Gasteiger partial charge in [-0.05, 0) is 25.9 Å². The second-order valence-corrected chi connectivity index (χ2v) is 3.50. The van der Waals surface area contributed by atoms with E-state index in [0.717, 1.165) is 31.8 Å². The number of rotatable bonds is 3. The molecule has 1 fully saturated rings. The van der Waals surface area contributed by atoms with Crippen LogP contribution in [0.15, 0.2) is 4.52 Å². The Bertz CT molecular complexity index is 281. The van der Waals surface area contributed by atoms with Gasteiger partial charge in [0.15, 0.2) is 5.82 Å². The Morgan fingerprint density at radius 3 is 3.00 bits per heavy atom. The van der Waals surface area contributed by atoms with E-state index in [2.05, 4.69) is 15.5 Å². The van der Waals surface area contributed by atoms with Crippen molar-refractivity contribution in [3.05, 3.63) is 11.7 Å². The lowest BCUT2D eigenvalue weighted by Gasteiger charge is -2.18. The number of piperidine rings is 1. The van der Waals surface area contributed by atoms with Crippen LogP contribution in [-0.4, -0.2) is 30.3 Å². The summed E-state index contributed by atoms with van der Waals surface area (Å²) in [5, 5.41) is 7.27. The van der Waals surface area contributed by atoms with Crippen molar-refractivity contribution in [1.29, 1.82) is 0 Å². The van der Waals surface area contributed by atoms with E-state index in [-0.39, 0.29) is 0 Å². The summed E-state index contributed by atoms with van der Waals surface area (Å²) in [5.74, 6) is 1.85. The van der Waals surface area contributed by atoms with Crippen LogP contribution in [0.4, 0.5) is 0 Å². The molecular formula is C9H15N3O2. The summed E-state index contributed by atoms with van der Waals surface area (Å²) < 4.78 is 9.97. The Labute approximate surface area is 82.8 Å². The summed E-state index contributed by atoms with van der Waals surface area (Å²) >= 11 is 0. The Balaban J connectivity index is 2.00. The van der Waals surface area contributed by atoms with Crippen molar-refractivity contribution in [2.45, 2.75) is 25.4 Å². The maximum absolute atomic E-state index is 5.05. The molecule has 5 heteroatoms. The Hall–Kier alpha value is -0.940. The van der Waals surface area contributed by atoms with E-state index in [0.29, 0.717) is 18.4 Å². The molecule has 2 rings (SSSR count). The monoisotopic (exact) mass is 197 g/mol. The van der Waals surface area contributed by atoms with E-state index >= 15 is 0 Å². The highest BCUT2D eigenvalue weighted by Gasteiger charge is 2.20. The van der Waals surface area contributed by atoms with Gasteiger partial charge in [0.25, 0.3) is 5.89 Å². The predicted octanol–water partition coefficient (Wildman–Crippen LogP) is 0.683. The first kappa shape index (κ1) is 9.61. The zero-order valence-corrected chi connectivity index (χ0v) is 8.32. The van der Waals surface area contributed by atoms with Crippen LogP contribution in [-0.2, 0) is 11.3 Å². The van der Waals surface area contributed by atoms with Gasteiger partial charge in [0.2, 0.25) is 0 Å². The van der Waals surface area contributed by atoms with Crippen LogP contribution in [0.2, 0.25) is 0 Å². The van der Waals surface area contributed by atoms with Gasteiger partial charge in [-0.25, -0.2) is 0 Å². The van der Waals surface area contributed by atoms with Gasteiger partial charge in [0.05, 0.1) is 0 Å². The van der Waals surface area contributed by atoms with Gasteiger partial charge in [-0.2, -0.15) is 4.98 Å². The molecule has 1 aliphatic rings. The third-order valence-electron chi connectivity index (χ3n) is 2.46. The third-order valence-corrected chi connectivity index (χ3v) is 2.46. The fraction of sp³-hybridized carbons (Fsp3) is 0.778. The summed E-state index contributed by atoms with van der Waals surface area (Å²) in [4.78, 5) is 4.29. The standard InChI is InChI=1S/C9H15N3O2/c1-13-6-8-11-9(12-14-8)7-2-4-10-5-3-7/h7,10H,2-6H2,1H3. The highest BCUT2D eigenvalue weighted by molar-refractivity contribution is 4.97. The van der Waals surface area contributed by atoms with Crippen molar-refractivity contribution in [1.82, 2.24) is 15.5 Å². The van der Waals surface area contributed by atoms with Crippen molar-refractivity contribution in [3.63, 3.8) is 0 Å². The number of aromatic nitrogens is 2. The van der Waals surface area contributed by atoms with Crippen LogP contribution in [0.25, 0.3) is 0 Å². The molecule has 5 nitrogen and oxygen atoms in total. The molecule has 0 atom stereocenters. The molecule has 0 aromatic carbocycles. The van der Waals surface area contributed by atoms with E-state index < -0.39 is 0 Å². The van der Waals surface area contributed by atoms with Crippen LogP contribution in [0.3, 0.4) is 0 Å². The minimum atomic E-state index is 0.401. The highest BCUT2D eigenvalue weighted by atomic mass is 16.5. The molecule has 0 spiro atoms. The smallest absolute Gasteiger partial charge is 0.252 e. The second kappa shape index (κ2) is 4.52. The summed E-state index contributed by atoms with van der Waals surface area (Å²) in [7, 11) is 1.62. The van der Waals surface area contributed by atoms with Crippen LogP contribution >= 0.6 is 0 Å². The van der Waals surface area contributed by atoms with Crippen LogP contribution < -0.4 is 5.32 Å². The molecule has 78 valence electrons. The topological polar surface area (TPSA) is 60.2 Å². The lowest BCUT2D eigenvalue weighted by Crippen LogP contribution is -2.27. The molecule has 0 saturated carbocycles. The molecule has 1 aromatic rings. The maximum atomic E-state index is 5.05. The number of nitrogens with one attached hydrogen (secondary N) is 1. The molecule has 1 N–H and O–H groups in total. The van der Waals surface area contributed by atoms with E-state index in [4.69, 9.17) is 9.26 Å². The average molecular weight is 197 g/mol. The highest BCUT2D eigenvalue weighted by Crippen LogP contribution is 2.22. The first-order valence-corrected chi connectivity index (χ1v) is 4.92. The zero-order valence-electron chi connectivity index (χ0n) is 8.32. The lowest BCUT2D eigenvalue weighted by molar-refractivity contribution is 0.151. The van der Waals surface area contributed by atoms with Crippen molar-refractivity contribution >= 4 is 0 Å². The van der Waals surface area contributed by atoms with Crippen LogP contribution in [0.1, 0.15) is 30.5 Å². The number of nitrogens with zero attached hydrogens (tertiary/aromatic N) is 2. The summed E-state index contributed by atoms with van der Waals surface area (Å²) in [6.07, 6.45) is 2.18. The number of ether oxygens (including phenoxy) is 1. The Morgan fingerprint density at radius 2 is 2.29 bits per heavy atom. The minimum absolute atomic E-state index is 0.401. The van der Waals surface area contributed by atoms with E-state index in [1.165, 1.54) is 0 Å². The fourth-order valence-corrected chi connectivity index (χ4v) is 1.70. The SMILES string of the molecule is COCc1nc(C2CCNCC2)no1. The fourth-order valence-electron chi connectivity index (χ4n) is 1.70. The Kier molecular flexibility index (Phi) is 3.10. The molecule has 2 heterocycles. The first-order chi connectivity index (χ1) is 6.90. The van der Waals surface area contributed by atoms with Crippen molar-refractivity contribution < 1.29 is 9.26 Å². The zero-order chi connectivity index (χ0) is 9.80. The summed E-state index contributed by atoms with van der Waals surface area (Å²) in [6.45, 7) is 2.48. The molecule has 1 saturated heterocycles. The van der Waals surface area contributed by atoms with Crippen molar-refractivity contribution in [2.24, 2.45) is 0 Å². The quantitative estimate of drug-likeness (QED) is 0.772. The predicted molar refractivity (Wildman–Crippen MR) is 49.9 cm³/mol. The number of hydrogen-bond acceptors (Lipinski definition) is 5. The van der Waals surface area contributed by atoms with Gasteiger partial charge < -0.3 is 14.6 Å². The van der Waals surface area contributed by atoms with E-state index in [1.54, 1.807) is 7.11 Å². The summed E-state index contributed by atoms with van der Waals surface area (Å²) in [6, 6.07) is 0. The molecule has 14 heavy (non-hydrogen) atoms. The van der Waals surface area contributed by atoms with Gasteiger partial charge in [-0.15, -0.1) is 0 Å².